The highest BCUT2D eigenvalue weighted by atomic mass is 16.5. The molecule has 0 fully saturated rings. The van der Waals surface area contributed by atoms with Gasteiger partial charge < -0.3 is 10.1 Å². The van der Waals surface area contributed by atoms with Crippen LogP contribution in [0.15, 0.2) is 72.3 Å². The first kappa shape index (κ1) is 20.9. The van der Waals surface area contributed by atoms with Crippen LogP contribution in [0.25, 0.3) is 6.08 Å². The van der Waals surface area contributed by atoms with E-state index in [0.29, 0.717) is 12.3 Å². The van der Waals surface area contributed by atoms with Crippen LogP contribution in [-0.4, -0.2) is 5.91 Å². The average Bonchev–Trinajstić information content (AvgIpc) is 2.75. The fourth-order valence-electron chi connectivity index (χ4n) is 2.94. The molecule has 150 valence electrons. The predicted octanol–water partition coefficient (Wildman–Crippen LogP) is 5.74. The normalized spacial score (nSPS) is 10.9. The molecule has 30 heavy (non-hydrogen) atoms. The van der Waals surface area contributed by atoms with E-state index in [4.69, 9.17) is 4.74 Å². The maximum Gasteiger partial charge on any atom is 0.266 e. The first-order chi connectivity index (χ1) is 14.5. The monoisotopic (exact) mass is 396 g/mol. The summed E-state index contributed by atoms with van der Waals surface area (Å²) >= 11 is 0. The molecular weight excluding hydrogens is 372 g/mol. The van der Waals surface area contributed by atoms with Crippen molar-refractivity contribution in [3.63, 3.8) is 0 Å². The minimum Gasteiger partial charge on any atom is -0.489 e. The molecule has 0 radical (unpaired) electrons. The molecule has 0 atom stereocenters. The van der Waals surface area contributed by atoms with E-state index in [1.807, 2.05) is 61.5 Å². The molecule has 0 aliphatic carbocycles. The first-order valence-corrected chi connectivity index (χ1v) is 9.74. The zero-order chi connectivity index (χ0) is 21.5. The van der Waals surface area contributed by atoms with Crippen molar-refractivity contribution >= 4 is 17.7 Å². The third kappa shape index (κ3) is 5.36. The summed E-state index contributed by atoms with van der Waals surface area (Å²) < 4.78 is 5.85. The molecular formula is C26H24N2O2. The number of aryl methyl sites for hydroxylation is 3. The fraction of sp³-hybridized carbons (Fsp3) is 0.154. The van der Waals surface area contributed by atoms with Crippen LogP contribution in [0.3, 0.4) is 0 Å². The van der Waals surface area contributed by atoms with Gasteiger partial charge in [0.2, 0.25) is 0 Å². The average molecular weight is 396 g/mol. The molecule has 0 heterocycles. The van der Waals surface area contributed by atoms with E-state index in [9.17, 15) is 10.1 Å². The molecule has 0 bridgehead atoms. The number of para-hydroxylation sites is 1. The van der Waals surface area contributed by atoms with Crippen LogP contribution in [0.1, 0.15) is 27.8 Å². The predicted molar refractivity (Wildman–Crippen MR) is 120 cm³/mol. The molecule has 0 spiro atoms. The summed E-state index contributed by atoms with van der Waals surface area (Å²) in [6.07, 6.45) is 1.57. The highest BCUT2D eigenvalue weighted by Crippen LogP contribution is 2.19. The van der Waals surface area contributed by atoms with Crippen molar-refractivity contribution in [1.82, 2.24) is 0 Å². The van der Waals surface area contributed by atoms with Crippen molar-refractivity contribution in [3.05, 3.63) is 100 Å². The zero-order valence-electron chi connectivity index (χ0n) is 17.4. The molecule has 4 nitrogen and oxygen atoms in total. The van der Waals surface area contributed by atoms with E-state index in [-0.39, 0.29) is 5.57 Å². The number of benzene rings is 3. The van der Waals surface area contributed by atoms with Gasteiger partial charge in [0.1, 0.15) is 24.0 Å². The number of nitriles is 1. The lowest BCUT2D eigenvalue weighted by molar-refractivity contribution is -0.112. The summed E-state index contributed by atoms with van der Waals surface area (Å²) in [6.45, 7) is 6.56. The van der Waals surface area contributed by atoms with E-state index in [0.717, 1.165) is 22.4 Å². The van der Waals surface area contributed by atoms with E-state index >= 15 is 0 Å². The van der Waals surface area contributed by atoms with Gasteiger partial charge in [-0.15, -0.1) is 0 Å². The molecule has 3 aromatic carbocycles. The maximum atomic E-state index is 12.5. The Bertz CT molecular complexity index is 1120. The first-order valence-electron chi connectivity index (χ1n) is 9.74. The molecule has 0 aromatic heterocycles. The molecule has 3 rings (SSSR count). The van der Waals surface area contributed by atoms with Crippen molar-refractivity contribution in [1.29, 1.82) is 5.26 Å². The summed E-state index contributed by atoms with van der Waals surface area (Å²) in [5.41, 5.74) is 6.04. The Hall–Kier alpha value is -3.84. The van der Waals surface area contributed by atoms with Gasteiger partial charge in [-0.1, -0.05) is 48.5 Å². The van der Waals surface area contributed by atoms with Crippen molar-refractivity contribution < 1.29 is 9.53 Å². The van der Waals surface area contributed by atoms with Gasteiger partial charge in [-0.2, -0.15) is 5.26 Å². The maximum absolute atomic E-state index is 12.5. The summed E-state index contributed by atoms with van der Waals surface area (Å²) in [7, 11) is 0. The summed E-state index contributed by atoms with van der Waals surface area (Å²) in [5, 5.41) is 12.2. The standard InChI is InChI=1S/C26H24N2O2/c1-18-8-9-22(14-20(18)3)17-30-24-12-10-21(11-13-24)15-23(16-27)26(29)28-25-7-5-4-6-19(25)2/h4-15H,17H2,1-3H3,(H,28,29)/b23-15+. The van der Waals surface area contributed by atoms with Crippen molar-refractivity contribution in [2.45, 2.75) is 27.4 Å². The summed E-state index contributed by atoms with van der Waals surface area (Å²) in [6, 6.07) is 23.0. The second-order valence-electron chi connectivity index (χ2n) is 7.22. The van der Waals surface area contributed by atoms with Gasteiger partial charge >= 0.3 is 0 Å². The molecule has 1 N–H and O–H groups in total. The van der Waals surface area contributed by atoms with Crippen LogP contribution in [0.4, 0.5) is 5.69 Å². The molecule has 1 amide bonds. The van der Waals surface area contributed by atoms with Gasteiger partial charge in [0.05, 0.1) is 0 Å². The smallest absolute Gasteiger partial charge is 0.266 e. The number of ether oxygens (including phenoxy) is 1. The second-order valence-corrected chi connectivity index (χ2v) is 7.22. The van der Waals surface area contributed by atoms with Crippen LogP contribution in [0, 0.1) is 32.1 Å². The lowest BCUT2D eigenvalue weighted by atomic mass is 10.1. The van der Waals surface area contributed by atoms with Crippen molar-refractivity contribution in [2.75, 3.05) is 5.32 Å². The number of carbonyl (C=O) groups is 1. The Morgan fingerprint density at radius 2 is 1.70 bits per heavy atom. The Morgan fingerprint density at radius 3 is 2.37 bits per heavy atom. The number of hydrogen-bond acceptors (Lipinski definition) is 3. The van der Waals surface area contributed by atoms with Crippen LogP contribution >= 0.6 is 0 Å². The third-order valence-electron chi connectivity index (χ3n) is 4.93. The Balaban J connectivity index is 1.66. The van der Waals surface area contributed by atoms with Gasteiger partial charge in [-0.25, -0.2) is 0 Å². The molecule has 3 aromatic rings. The van der Waals surface area contributed by atoms with E-state index < -0.39 is 5.91 Å². The topological polar surface area (TPSA) is 62.1 Å². The molecule has 0 unspecified atom stereocenters. The number of rotatable bonds is 6. The van der Waals surface area contributed by atoms with Gasteiger partial charge in [0, 0.05) is 5.69 Å². The van der Waals surface area contributed by atoms with Crippen LogP contribution in [0.2, 0.25) is 0 Å². The molecule has 0 saturated heterocycles. The van der Waals surface area contributed by atoms with Gasteiger partial charge in [0.15, 0.2) is 0 Å². The highest BCUT2D eigenvalue weighted by Gasteiger charge is 2.10. The molecule has 0 aliphatic rings. The van der Waals surface area contributed by atoms with Gasteiger partial charge in [-0.05, 0) is 72.9 Å². The lowest BCUT2D eigenvalue weighted by Gasteiger charge is -2.09. The van der Waals surface area contributed by atoms with Crippen LogP contribution in [0.5, 0.6) is 5.75 Å². The number of hydrogen-bond donors (Lipinski definition) is 1. The summed E-state index contributed by atoms with van der Waals surface area (Å²) in [5.74, 6) is 0.301. The SMILES string of the molecule is Cc1ccc(COc2ccc(/C=C(\C#N)C(=O)Nc3ccccc3C)cc2)cc1C. The summed E-state index contributed by atoms with van der Waals surface area (Å²) in [4.78, 5) is 12.5. The molecule has 0 aliphatic heterocycles. The van der Waals surface area contributed by atoms with Gasteiger partial charge in [0.25, 0.3) is 5.91 Å². The Labute approximate surface area is 177 Å². The van der Waals surface area contributed by atoms with Crippen molar-refractivity contribution in [2.24, 2.45) is 0 Å². The quantitative estimate of drug-likeness (QED) is 0.427. The lowest BCUT2D eigenvalue weighted by Crippen LogP contribution is -2.14. The van der Waals surface area contributed by atoms with Crippen molar-refractivity contribution in [3.8, 4) is 11.8 Å². The Morgan fingerprint density at radius 1 is 0.967 bits per heavy atom. The number of carbonyl (C=O) groups excluding carboxylic acids is 1. The largest absolute Gasteiger partial charge is 0.489 e. The molecule has 4 heteroatoms. The van der Waals surface area contributed by atoms with E-state index in [1.54, 1.807) is 6.08 Å². The minimum atomic E-state index is -0.429. The fourth-order valence-corrected chi connectivity index (χ4v) is 2.94. The minimum absolute atomic E-state index is 0.0436. The van der Waals surface area contributed by atoms with E-state index in [1.165, 1.54) is 11.1 Å². The number of nitrogens with zero attached hydrogens (tertiary/aromatic N) is 1. The van der Waals surface area contributed by atoms with Crippen LogP contribution in [-0.2, 0) is 11.4 Å². The highest BCUT2D eigenvalue weighted by molar-refractivity contribution is 6.09. The van der Waals surface area contributed by atoms with Gasteiger partial charge in [-0.3, -0.25) is 4.79 Å². The molecule has 0 saturated carbocycles. The van der Waals surface area contributed by atoms with E-state index in [2.05, 4.69) is 37.4 Å². The Kier molecular flexibility index (Phi) is 6.67. The third-order valence-corrected chi connectivity index (χ3v) is 4.93. The number of anilines is 1. The van der Waals surface area contributed by atoms with Crippen LogP contribution < -0.4 is 10.1 Å². The number of amides is 1. The zero-order valence-corrected chi connectivity index (χ0v) is 17.4. The number of nitrogens with one attached hydrogen (secondary N) is 1. The second kappa shape index (κ2) is 9.58.